The molecule has 1 N–H and O–H groups in total. The Hall–Kier alpha value is -1.07. The number of rotatable bonds is 2. The van der Waals surface area contributed by atoms with E-state index in [2.05, 4.69) is 21.2 Å². The quantitative estimate of drug-likeness (QED) is 0.912. The topological polar surface area (TPSA) is 41.6 Å². The molecular weight excluding hydrogens is 296 g/mol. The summed E-state index contributed by atoms with van der Waals surface area (Å²) in [5.41, 5.74) is 1.10. The fourth-order valence-electron chi connectivity index (χ4n) is 1.88. The maximum absolute atomic E-state index is 12.0. The van der Waals surface area contributed by atoms with Gasteiger partial charge in [-0.1, -0.05) is 28.1 Å². The van der Waals surface area contributed by atoms with Crippen molar-refractivity contribution in [2.45, 2.75) is 13.0 Å². The van der Waals surface area contributed by atoms with E-state index >= 15 is 0 Å². The molecule has 0 saturated carbocycles. The van der Waals surface area contributed by atoms with E-state index in [0.29, 0.717) is 26.3 Å². The van der Waals surface area contributed by atoms with E-state index in [1.165, 1.54) is 0 Å². The lowest BCUT2D eigenvalue weighted by Crippen LogP contribution is -2.46. The minimum atomic E-state index is -0.0197. The van der Waals surface area contributed by atoms with Crippen molar-refractivity contribution in [2.24, 2.45) is 0 Å². The van der Waals surface area contributed by atoms with Crippen LogP contribution in [0, 0.1) is 0 Å². The number of carbonyl (C=O) groups is 1. The molecule has 4 nitrogen and oxygen atoms in total. The number of amides is 2. The molecule has 1 saturated heterocycles. The highest BCUT2D eigenvalue weighted by Crippen LogP contribution is 2.16. The van der Waals surface area contributed by atoms with Crippen molar-refractivity contribution >= 4 is 22.0 Å². The average Bonchev–Trinajstić information content (AvgIpc) is 2.40. The number of benzene rings is 1. The SMILES string of the molecule is C[C@H](NC(=O)N1CCOCC1)c1ccc(Br)cc1. The first kappa shape index (κ1) is 13.4. The van der Waals surface area contributed by atoms with Gasteiger partial charge in [0, 0.05) is 17.6 Å². The summed E-state index contributed by atoms with van der Waals surface area (Å²) in [5.74, 6) is 0. The molecule has 1 atom stereocenters. The third-order valence-corrected chi connectivity index (χ3v) is 3.54. The molecule has 5 heteroatoms. The molecule has 1 aromatic rings. The van der Waals surface area contributed by atoms with Gasteiger partial charge >= 0.3 is 6.03 Å². The molecule has 0 aromatic heterocycles. The molecule has 1 aliphatic rings. The Morgan fingerprint density at radius 1 is 1.33 bits per heavy atom. The highest BCUT2D eigenvalue weighted by Gasteiger charge is 2.18. The molecular formula is C13H17BrN2O2. The lowest BCUT2D eigenvalue weighted by Gasteiger charge is -2.28. The third kappa shape index (κ3) is 3.46. The van der Waals surface area contributed by atoms with Crippen LogP contribution < -0.4 is 5.32 Å². The van der Waals surface area contributed by atoms with Crippen molar-refractivity contribution < 1.29 is 9.53 Å². The van der Waals surface area contributed by atoms with Crippen molar-refractivity contribution in [1.82, 2.24) is 10.2 Å². The van der Waals surface area contributed by atoms with E-state index < -0.39 is 0 Å². The van der Waals surface area contributed by atoms with E-state index in [1.54, 1.807) is 4.90 Å². The van der Waals surface area contributed by atoms with Crippen molar-refractivity contribution in [2.75, 3.05) is 26.3 Å². The van der Waals surface area contributed by atoms with Crippen molar-refractivity contribution in [3.63, 3.8) is 0 Å². The molecule has 0 unspecified atom stereocenters. The number of nitrogens with one attached hydrogen (secondary N) is 1. The predicted molar refractivity (Wildman–Crippen MR) is 73.5 cm³/mol. The van der Waals surface area contributed by atoms with Crippen LogP contribution in [0.4, 0.5) is 4.79 Å². The van der Waals surface area contributed by atoms with Crippen LogP contribution in [-0.4, -0.2) is 37.2 Å². The van der Waals surface area contributed by atoms with Crippen LogP contribution in [0.5, 0.6) is 0 Å². The largest absolute Gasteiger partial charge is 0.378 e. The van der Waals surface area contributed by atoms with Crippen LogP contribution in [0.15, 0.2) is 28.7 Å². The summed E-state index contributed by atoms with van der Waals surface area (Å²) in [5, 5.41) is 3.00. The molecule has 2 rings (SSSR count). The van der Waals surface area contributed by atoms with Gasteiger partial charge in [0.25, 0.3) is 0 Å². The van der Waals surface area contributed by atoms with Crippen molar-refractivity contribution in [3.8, 4) is 0 Å². The summed E-state index contributed by atoms with van der Waals surface area (Å²) in [7, 11) is 0. The minimum absolute atomic E-state index is 0.00782. The number of halogens is 1. The number of urea groups is 1. The van der Waals surface area contributed by atoms with Crippen LogP contribution in [0.25, 0.3) is 0 Å². The Morgan fingerprint density at radius 2 is 1.94 bits per heavy atom. The zero-order chi connectivity index (χ0) is 13.0. The molecule has 2 amide bonds. The average molecular weight is 313 g/mol. The van der Waals surface area contributed by atoms with Gasteiger partial charge in [0.05, 0.1) is 19.3 Å². The minimum Gasteiger partial charge on any atom is -0.378 e. The number of hydrogen-bond acceptors (Lipinski definition) is 2. The number of carbonyl (C=O) groups excluding carboxylic acids is 1. The molecule has 0 aliphatic carbocycles. The standard InChI is InChI=1S/C13H17BrN2O2/c1-10(11-2-4-12(14)5-3-11)15-13(17)16-6-8-18-9-7-16/h2-5,10H,6-9H2,1H3,(H,15,17)/t10-/m0/s1. The normalized spacial score (nSPS) is 17.3. The van der Waals surface area contributed by atoms with Crippen molar-refractivity contribution in [1.29, 1.82) is 0 Å². The van der Waals surface area contributed by atoms with Gasteiger partial charge in [-0.3, -0.25) is 0 Å². The van der Waals surface area contributed by atoms with E-state index in [4.69, 9.17) is 4.74 Å². The van der Waals surface area contributed by atoms with Gasteiger partial charge < -0.3 is 15.0 Å². The van der Waals surface area contributed by atoms with Crippen LogP contribution >= 0.6 is 15.9 Å². The summed E-state index contributed by atoms with van der Waals surface area (Å²) in [6, 6.07) is 7.96. The van der Waals surface area contributed by atoms with E-state index in [1.807, 2.05) is 31.2 Å². The Bertz CT molecular complexity index is 402. The van der Waals surface area contributed by atoms with Gasteiger partial charge in [-0.2, -0.15) is 0 Å². The van der Waals surface area contributed by atoms with Gasteiger partial charge in [0.15, 0.2) is 0 Å². The highest BCUT2D eigenvalue weighted by atomic mass is 79.9. The predicted octanol–water partition coefficient (Wildman–Crippen LogP) is 2.55. The Kier molecular flexibility index (Phi) is 4.60. The Balaban J connectivity index is 1.91. The molecule has 0 spiro atoms. The number of nitrogens with zero attached hydrogens (tertiary/aromatic N) is 1. The summed E-state index contributed by atoms with van der Waals surface area (Å²) >= 11 is 3.40. The maximum atomic E-state index is 12.0. The summed E-state index contributed by atoms with van der Waals surface area (Å²) in [4.78, 5) is 13.8. The van der Waals surface area contributed by atoms with Crippen LogP contribution in [0.2, 0.25) is 0 Å². The summed E-state index contributed by atoms with van der Waals surface area (Å²) in [6.45, 7) is 4.57. The molecule has 0 bridgehead atoms. The van der Waals surface area contributed by atoms with Gasteiger partial charge in [0.1, 0.15) is 0 Å². The first-order valence-electron chi connectivity index (χ1n) is 6.05. The van der Waals surface area contributed by atoms with E-state index in [-0.39, 0.29) is 12.1 Å². The van der Waals surface area contributed by atoms with Gasteiger partial charge in [-0.05, 0) is 24.6 Å². The molecule has 1 aromatic carbocycles. The van der Waals surface area contributed by atoms with Crippen LogP contribution in [0.3, 0.4) is 0 Å². The molecule has 1 aliphatic heterocycles. The Labute approximate surface area is 115 Å². The van der Waals surface area contributed by atoms with Gasteiger partial charge in [0.2, 0.25) is 0 Å². The summed E-state index contributed by atoms with van der Waals surface area (Å²) < 4.78 is 6.27. The van der Waals surface area contributed by atoms with E-state index in [9.17, 15) is 4.79 Å². The fraction of sp³-hybridized carbons (Fsp3) is 0.462. The fourth-order valence-corrected chi connectivity index (χ4v) is 2.14. The third-order valence-electron chi connectivity index (χ3n) is 3.01. The lowest BCUT2D eigenvalue weighted by atomic mass is 10.1. The maximum Gasteiger partial charge on any atom is 0.318 e. The number of hydrogen-bond donors (Lipinski definition) is 1. The summed E-state index contributed by atoms with van der Waals surface area (Å²) in [6.07, 6.45) is 0. The zero-order valence-corrected chi connectivity index (χ0v) is 11.9. The van der Waals surface area contributed by atoms with Crippen molar-refractivity contribution in [3.05, 3.63) is 34.3 Å². The Morgan fingerprint density at radius 3 is 2.56 bits per heavy atom. The molecule has 1 fully saturated rings. The second-order valence-electron chi connectivity index (χ2n) is 4.32. The first-order valence-corrected chi connectivity index (χ1v) is 6.85. The first-order chi connectivity index (χ1) is 8.66. The van der Waals surface area contributed by atoms with Crippen LogP contribution in [-0.2, 0) is 4.74 Å². The zero-order valence-electron chi connectivity index (χ0n) is 10.4. The molecule has 0 radical (unpaired) electrons. The lowest BCUT2D eigenvalue weighted by molar-refractivity contribution is 0.0526. The van der Waals surface area contributed by atoms with E-state index in [0.717, 1.165) is 10.0 Å². The number of morpholine rings is 1. The second-order valence-corrected chi connectivity index (χ2v) is 5.24. The van der Waals surface area contributed by atoms with Crippen LogP contribution in [0.1, 0.15) is 18.5 Å². The monoisotopic (exact) mass is 312 g/mol. The number of ether oxygens (including phenoxy) is 1. The molecule has 1 heterocycles. The molecule has 98 valence electrons. The highest BCUT2D eigenvalue weighted by molar-refractivity contribution is 9.10. The molecule has 18 heavy (non-hydrogen) atoms. The smallest absolute Gasteiger partial charge is 0.318 e. The van der Waals surface area contributed by atoms with Gasteiger partial charge in [-0.15, -0.1) is 0 Å². The second kappa shape index (κ2) is 6.20. The van der Waals surface area contributed by atoms with Gasteiger partial charge in [-0.25, -0.2) is 4.79 Å².